The van der Waals surface area contributed by atoms with Gasteiger partial charge in [0, 0.05) is 18.1 Å². The topological polar surface area (TPSA) is 42.2 Å². The molecule has 3 nitrogen and oxygen atoms in total. The third-order valence-corrected chi connectivity index (χ3v) is 3.13. The summed E-state index contributed by atoms with van der Waals surface area (Å²) in [6, 6.07) is 2.67. The van der Waals surface area contributed by atoms with E-state index in [9.17, 15) is 9.18 Å². The highest BCUT2D eigenvalue weighted by molar-refractivity contribution is 5.95. The van der Waals surface area contributed by atoms with Gasteiger partial charge in [-0.25, -0.2) is 9.18 Å². The molecule has 0 fully saturated rings. The molecule has 1 N–H and O–H groups in total. The summed E-state index contributed by atoms with van der Waals surface area (Å²) in [6.07, 6.45) is 0. The van der Waals surface area contributed by atoms with Crippen LogP contribution in [0.4, 0.5) is 4.39 Å². The molecule has 0 aliphatic heterocycles. The van der Waals surface area contributed by atoms with Crippen molar-refractivity contribution < 1.29 is 14.3 Å². The molecular formula is C12H12FNO2. The Morgan fingerprint density at radius 1 is 1.38 bits per heavy atom. The average Bonchev–Trinajstić information content (AvgIpc) is 2.43. The van der Waals surface area contributed by atoms with E-state index in [2.05, 4.69) is 0 Å². The molecular weight excluding hydrogens is 209 g/mol. The van der Waals surface area contributed by atoms with Gasteiger partial charge in [0.05, 0.1) is 11.1 Å². The number of aromatic carboxylic acids is 1. The van der Waals surface area contributed by atoms with Crippen LogP contribution in [0, 0.1) is 19.7 Å². The fourth-order valence-electron chi connectivity index (χ4n) is 1.93. The Labute approximate surface area is 92.1 Å². The van der Waals surface area contributed by atoms with Crippen LogP contribution in [0.1, 0.15) is 21.6 Å². The van der Waals surface area contributed by atoms with Gasteiger partial charge in [0.2, 0.25) is 0 Å². The number of fused-ring (bicyclic) bond motifs is 1. The molecule has 1 aromatic carbocycles. The van der Waals surface area contributed by atoms with Gasteiger partial charge in [-0.15, -0.1) is 0 Å². The number of rotatable bonds is 1. The molecule has 0 atom stereocenters. The van der Waals surface area contributed by atoms with E-state index in [1.807, 2.05) is 25.5 Å². The minimum atomic E-state index is -1.24. The Hall–Kier alpha value is -1.84. The summed E-state index contributed by atoms with van der Waals surface area (Å²) < 4.78 is 15.4. The lowest BCUT2D eigenvalue weighted by atomic mass is 10.1. The third-order valence-electron chi connectivity index (χ3n) is 3.13. The van der Waals surface area contributed by atoms with Crippen LogP contribution >= 0.6 is 0 Å². The quantitative estimate of drug-likeness (QED) is 0.804. The average molecular weight is 221 g/mol. The predicted octanol–water partition coefficient (Wildman–Crippen LogP) is 2.63. The number of aryl methyl sites for hydroxylation is 2. The van der Waals surface area contributed by atoms with Gasteiger partial charge in [-0.2, -0.15) is 0 Å². The molecule has 1 heterocycles. The zero-order valence-electron chi connectivity index (χ0n) is 9.34. The van der Waals surface area contributed by atoms with Crippen molar-refractivity contribution >= 4 is 16.9 Å². The monoisotopic (exact) mass is 221 g/mol. The van der Waals surface area contributed by atoms with Crippen LogP contribution in [-0.2, 0) is 7.05 Å². The van der Waals surface area contributed by atoms with E-state index < -0.39 is 11.8 Å². The van der Waals surface area contributed by atoms with E-state index in [1.54, 1.807) is 0 Å². The summed E-state index contributed by atoms with van der Waals surface area (Å²) in [5.41, 5.74) is 2.44. The van der Waals surface area contributed by atoms with Crippen LogP contribution in [0.15, 0.2) is 12.1 Å². The first-order chi connectivity index (χ1) is 7.43. The maximum Gasteiger partial charge on any atom is 0.338 e. The van der Waals surface area contributed by atoms with E-state index in [4.69, 9.17) is 5.11 Å². The zero-order valence-corrected chi connectivity index (χ0v) is 9.34. The molecule has 2 rings (SSSR count). The summed E-state index contributed by atoms with van der Waals surface area (Å²) >= 11 is 0. The number of carboxylic acid groups (broad SMARTS) is 1. The first kappa shape index (κ1) is 10.7. The highest BCUT2D eigenvalue weighted by Crippen LogP contribution is 2.26. The van der Waals surface area contributed by atoms with Crippen molar-refractivity contribution in [3.05, 3.63) is 34.8 Å². The van der Waals surface area contributed by atoms with E-state index in [1.165, 1.54) is 12.1 Å². The standard InChI is InChI=1S/C12H12FNO2/c1-6-7(2)14(3)11-5-10(13)9(12(15)16)4-8(6)11/h4-5H,1-3H3,(H,15,16). The summed E-state index contributed by atoms with van der Waals surface area (Å²) in [5, 5.41) is 9.64. The Morgan fingerprint density at radius 3 is 2.56 bits per heavy atom. The molecule has 0 aliphatic carbocycles. The van der Waals surface area contributed by atoms with Crippen LogP contribution in [0.2, 0.25) is 0 Å². The van der Waals surface area contributed by atoms with Crippen molar-refractivity contribution in [2.75, 3.05) is 0 Å². The predicted molar refractivity (Wildman–Crippen MR) is 59.3 cm³/mol. The molecule has 0 saturated carbocycles. The minimum Gasteiger partial charge on any atom is -0.478 e. The molecule has 0 unspecified atom stereocenters. The molecule has 84 valence electrons. The Kier molecular flexibility index (Phi) is 2.22. The number of benzene rings is 1. The van der Waals surface area contributed by atoms with Gasteiger partial charge in [-0.05, 0) is 31.5 Å². The van der Waals surface area contributed by atoms with Crippen LogP contribution in [0.3, 0.4) is 0 Å². The molecule has 0 saturated heterocycles. The number of carbonyl (C=O) groups is 1. The summed E-state index contributed by atoms with van der Waals surface area (Å²) in [4.78, 5) is 10.8. The lowest BCUT2D eigenvalue weighted by Crippen LogP contribution is -2.00. The van der Waals surface area contributed by atoms with Gasteiger partial charge in [-0.1, -0.05) is 0 Å². The normalized spacial score (nSPS) is 11.0. The SMILES string of the molecule is Cc1c(C)n(C)c2cc(F)c(C(=O)O)cc12. The molecule has 0 spiro atoms. The van der Waals surface area contributed by atoms with Crippen LogP contribution < -0.4 is 0 Å². The fourth-order valence-corrected chi connectivity index (χ4v) is 1.93. The first-order valence-corrected chi connectivity index (χ1v) is 4.92. The van der Waals surface area contributed by atoms with Gasteiger partial charge in [-0.3, -0.25) is 0 Å². The largest absolute Gasteiger partial charge is 0.478 e. The third kappa shape index (κ3) is 1.30. The Morgan fingerprint density at radius 2 is 2.00 bits per heavy atom. The van der Waals surface area contributed by atoms with Gasteiger partial charge in [0.25, 0.3) is 0 Å². The lowest BCUT2D eigenvalue weighted by molar-refractivity contribution is 0.0692. The fraction of sp³-hybridized carbons (Fsp3) is 0.250. The van der Waals surface area contributed by atoms with Crippen molar-refractivity contribution in [3.8, 4) is 0 Å². The summed E-state index contributed by atoms with van der Waals surface area (Å²) in [7, 11) is 1.84. The molecule has 0 radical (unpaired) electrons. The Bertz CT molecular complexity index is 599. The second-order valence-corrected chi connectivity index (χ2v) is 3.92. The molecule has 16 heavy (non-hydrogen) atoms. The molecule has 1 aromatic heterocycles. The number of hydrogen-bond donors (Lipinski definition) is 1. The van der Waals surface area contributed by atoms with Crippen molar-refractivity contribution in [2.24, 2.45) is 7.05 Å². The van der Waals surface area contributed by atoms with Gasteiger partial charge in [0.15, 0.2) is 0 Å². The van der Waals surface area contributed by atoms with Crippen molar-refractivity contribution in [2.45, 2.75) is 13.8 Å². The van der Waals surface area contributed by atoms with E-state index in [0.717, 1.165) is 22.2 Å². The van der Waals surface area contributed by atoms with Crippen molar-refractivity contribution in [1.29, 1.82) is 0 Å². The molecule has 2 aromatic rings. The lowest BCUT2D eigenvalue weighted by Gasteiger charge is -2.01. The Balaban J connectivity index is 2.90. The highest BCUT2D eigenvalue weighted by atomic mass is 19.1. The van der Waals surface area contributed by atoms with E-state index >= 15 is 0 Å². The van der Waals surface area contributed by atoms with Crippen molar-refractivity contribution in [1.82, 2.24) is 4.57 Å². The van der Waals surface area contributed by atoms with Gasteiger partial charge < -0.3 is 9.67 Å². The smallest absolute Gasteiger partial charge is 0.338 e. The molecule has 4 heteroatoms. The van der Waals surface area contributed by atoms with Crippen LogP contribution in [0.25, 0.3) is 10.9 Å². The van der Waals surface area contributed by atoms with E-state index in [0.29, 0.717) is 0 Å². The number of nitrogens with zero attached hydrogens (tertiary/aromatic N) is 1. The second-order valence-electron chi connectivity index (χ2n) is 3.92. The van der Waals surface area contributed by atoms with Crippen molar-refractivity contribution in [3.63, 3.8) is 0 Å². The number of carboxylic acids is 1. The van der Waals surface area contributed by atoms with Crippen LogP contribution in [-0.4, -0.2) is 15.6 Å². The molecule has 0 amide bonds. The number of aromatic nitrogens is 1. The number of hydrogen-bond acceptors (Lipinski definition) is 1. The second kappa shape index (κ2) is 3.33. The van der Waals surface area contributed by atoms with Crippen LogP contribution in [0.5, 0.6) is 0 Å². The summed E-state index contributed by atoms with van der Waals surface area (Å²) in [6.45, 7) is 3.83. The van der Waals surface area contributed by atoms with E-state index in [-0.39, 0.29) is 5.56 Å². The minimum absolute atomic E-state index is 0.277. The zero-order chi connectivity index (χ0) is 12.0. The number of halogens is 1. The van der Waals surface area contributed by atoms with Gasteiger partial charge in [0.1, 0.15) is 5.82 Å². The van der Waals surface area contributed by atoms with Gasteiger partial charge >= 0.3 is 5.97 Å². The maximum absolute atomic E-state index is 13.5. The first-order valence-electron chi connectivity index (χ1n) is 4.92. The summed E-state index contributed by atoms with van der Waals surface area (Å²) in [5.74, 6) is -1.93. The molecule has 0 bridgehead atoms. The highest BCUT2D eigenvalue weighted by Gasteiger charge is 2.16. The maximum atomic E-state index is 13.5. The molecule has 0 aliphatic rings.